The number of rotatable bonds is 3. The molecule has 0 bridgehead atoms. The summed E-state index contributed by atoms with van der Waals surface area (Å²) >= 11 is 7.17. The number of halogens is 1. The van der Waals surface area contributed by atoms with E-state index in [4.69, 9.17) is 16.0 Å². The maximum atomic E-state index is 11.8. The van der Waals surface area contributed by atoms with Gasteiger partial charge in [-0.15, -0.1) is 11.3 Å². The number of carbonyl (C=O) groups is 1. The number of carbonyl (C=O) groups excluding carboxylic acids is 1. The first kappa shape index (κ1) is 12.1. The molecule has 0 aliphatic rings. The maximum Gasteiger partial charge on any atom is 0.262 e. The van der Waals surface area contributed by atoms with E-state index >= 15 is 0 Å². The van der Waals surface area contributed by atoms with Gasteiger partial charge in [-0.25, -0.2) is 4.98 Å². The Kier molecular flexibility index (Phi) is 3.49. The number of furan rings is 1. The third-order valence-electron chi connectivity index (χ3n) is 2.31. The Morgan fingerprint density at radius 2 is 2.41 bits per heavy atom. The fourth-order valence-corrected chi connectivity index (χ4v) is 2.53. The van der Waals surface area contributed by atoms with Gasteiger partial charge in [-0.1, -0.05) is 6.92 Å². The van der Waals surface area contributed by atoms with E-state index in [1.54, 1.807) is 0 Å². The summed E-state index contributed by atoms with van der Waals surface area (Å²) in [7, 11) is 0. The molecule has 0 aliphatic heterocycles. The Morgan fingerprint density at radius 1 is 1.65 bits per heavy atom. The van der Waals surface area contributed by atoms with Crippen molar-refractivity contribution in [2.45, 2.75) is 20.3 Å². The minimum absolute atomic E-state index is 0.0893. The molecule has 0 fully saturated rings. The van der Waals surface area contributed by atoms with Crippen LogP contribution in [0.5, 0.6) is 0 Å². The Morgan fingerprint density at radius 3 is 2.94 bits per heavy atom. The second-order valence-corrected chi connectivity index (χ2v) is 4.98. The van der Waals surface area contributed by atoms with Gasteiger partial charge in [-0.2, -0.15) is 0 Å². The first-order chi connectivity index (χ1) is 8.11. The number of hydrogen-bond donors (Lipinski definition) is 1. The minimum Gasteiger partial charge on any atom is -0.452 e. The molecule has 6 heteroatoms. The van der Waals surface area contributed by atoms with Crippen molar-refractivity contribution in [3.05, 3.63) is 33.7 Å². The van der Waals surface area contributed by atoms with Gasteiger partial charge in [0.1, 0.15) is 0 Å². The molecular weight excluding hydrogens is 260 g/mol. The topological polar surface area (TPSA) is 55.1 Å². The van der Waals surface area contributed by atoms with Crippen LogP contribution >= 0.6 is 22.9 Å². The summed E-state index contributed by atoms with van der Waals surface area (Å²) in [6.45, 7) is 4.01. The summed E-state index contributed by atoms with van der Waals surface area (Å²) in [4.78, 5) is 17.2. The predicted molar refractivity (Wildman–Crippen MR) is 67.9 cm³/mol. The van der Waals surface area contributed by atoms with Gasteiger partial charge in [0, 0.05) is 4.88 Å². The Bertz CT molecular complexity index is 547. The fourth-order valence-electron chi connectivity index (χ4n) is 1.43. The van der Waals surface area contributed by atoms with Crippen molar-refractivity contribution >= 4 is 34.0 Å². The molecule has 4 nitrogen and oxygen atoms in total. The summed E-state index contributed by atoms with van der Waals surface area (Å²) in [6, 6.07) is 1.53. The molecule has 0 aromatic carbocycles. The number of aryl methyl sites for hydroxylation is 2. The number of thiazole rings is 1. The summed E-state index contributed by atoms with van der Waals surface area (Å²) < 4.78 is 4.86. The van der Waals surface area contributed by atoms with Gasteiger partial charge < -0.3 is 4.42 Å². The third kappa shape index (κ3) is 2.50. The highest BCUT2D eigenvalue weighted by Crippen LogP contribution is 2.24. The minimum atomic E-state index is -0.305. The zero-order valence-corrected chi connectivity index (χ0v) is 11.0. The first-order valence-corrected chi connectivity index (χ1v) is 6.32. The lowest BCUT2D eigenvalue weighted by atomic mass is 10.3. The normalized spacial score (nSPS) is 10.5. The van der Waals surface area contributed by atoms with Crippen molar-refractivity contribution in [1.82, 2.24) is 4.98 Å². The molecule has 0 spiro atoms. The summed E-state index contributed by atoms with van der Waals surface area (Å²) in [6.07, 6.45) is 2.23. The van der Waals surface area contributed by atoms with Crippen LogP contribution in [0.1, 0.15) is 27.9 Å². The molecule has 2 aromatic rings. The van der Waals surface area contributed by atoms with Crippen molar-refractivity contribution in [3.8, 4) is 0 Å². The fraction of sp³-hybridized carbons (Fsp3) is 0.273. The third-order valence-corrected chi connectivity index (χ3v) is 3.53. The average molecular weight is 271 g/mol. The molecule has 0 unspecified atom stereocenters. The van der Waals surface area contributed by atoms with Crippen LogP contribution in [0.3, 0.4) is 0 Å². The largest absolute Gasteiger partial charge is 0.452 e. The van der Waals surface area contributed by atoms with Crippen molar-refractivity contribution in [3.63, 3.8) is 0 Å². The monoisotopic (exact) mass is 270 g/mol. The highest BCUT2D eigenvalue weighted by molar-refractivity contribution is 7.15. The van der Waals surface area contributed by atoms with E-state index in [1.807, 2.05) is 13.8 Å². The molecular formula is C11H11ClN2O2S. The molecule has 0 aliphatic carbocycles. The predicted octanol–water partition coefficient (Wildman–Crippen LogP) is 3.51. The zero-order chi connectivity index (χ0) is 12.4. The summed E-state index contributed by atoms with van der Waals surface area (Å²) in [5.41, 5.74) is 1.32. The molecule has 0 atom stereocenters. The van der Waals surface area contributed by atoms with E-state index in [2.05, 4.69) is 10.3 Å². The van der Waals surface area contributed by atoms with Crippen LogP contribution in [-0.4, -0.2) is 10.9 Å². The van der Waals surface area contributed by atoms with Crippen LogP contribution in [-0.2, 0) is 6.42 Å². The molecule has 90 valence electrons. The quantitative estimate of drug-likeness (QED) is 0.928. The number of anilines is 1. The second kappa shape index (κ2) is 4.89. The molecule has 0 saturated carbocycles. The van der Waals surface area contributed by atoms with Gasteiger partial charge in [0.05, 0.1) is 17.5 Å². The number of nitrogens with zero attached hydrogens (tertiary/aromatic N) is 1. The van der Waals surface area contributed by atoms with E-state index < -0.39 is 0 Å². The second-order valence-electron chi connectivity index (χ2n) is 3.44. The van der Waals surface area contributed by atoms with Gasteiger partial charge in [0.15, 0.2) is 5.13 Å². The zero-order valence-electron chi connectivity index (χ0n) is 9.41. The van der Waals surface area contributed by atoms with E-state index in [0.717, 1.165) is 17.0 Å². The van der Waals surface area contributed by atoms with Crippen LogP contribution in [0, 0.1) is 6.92 Å². The molecule has 1 N–H and O–H groups in total. The van der Waals surface area contributed by atoms with Crippen LogP contribution in [0.25, 0.3) is 0 Å². The lowest BCUT2D eigenvalue weighted by Gasteiger charge is -1.98. The van der Waals surface area contributed by atoms with Crippen LogP contribution < -0.4 is 5.32 Å². The molecule has 2 aromatic heterocycles. The van der Waals surface area contributed by atoms with Crippen molar-refractivity contribution in [2.75, 3.05) is 5.32 Å². The van der Waals surface area contributed by atoms with Gasteiger partial charge >= 0.3 is 0 Å². The number of aromatic nitrogens is 1. The van der Waals surface area contributed by atoms with Gasteiger partial charge in [0.2, 0.25) is 5.22 Å². The smallest absolute Gasteiger partial charge is 0.262 e. The van der Waals surface area contributed by atoms with Gasteiger partial charge in [-0.3, -0.25) is 10.1 Å². The Balaban J connectivity index is 2.16. The number of amides is 1. The molecule has 0 radical (unpaired) electrons. The van der Waals surface area contributed by atoms with E-state index in [0.29, 0.717) is 10.7 Å². The Hall–Kier alpha value is -1.33. The lowest BCUT2D eigenvalue weighted by molar-refractivity contribution is 0.102. The lowest BCUT2D eigenvalue weighted by Crippen LogP contribution is -2.11. The van der Waals surface area contributed by atoms with Crippen LogP contribution in [0.15, 0.2) is 16.7 Å². The average Bonchev–Trinajstić information content (AvgIpc) is 2.84. The molecule has 2 rings (SSSR count). The summed E-state index contributed by atoms with van der Waals surface area (Å²) in [5, 5.41) is 3.38. The van der Waals surface area contributed by atoms with E-state index in [1.165, 1.54) is 23.7 Å². The maximum absolute atomic E-state index is 11.8. The van der Waals surface area contributed by atoms with E-state index in [9.17, 15) is 4.79 Å². The summed E-state index contributed by atoms with van der Waals surface area (Å²) in [5.74, 6) is -0.305. The molecule has 1 amide bonds. The van der Waals surface area contributed by atoms with E-state index in [-0.39, 0.29) is 11.1 Å². The highest BCUT2D eigenvalue weighted by atomic mass is 35.5. The van der Waals surface area contributed by atoms with Crippen molar-refractivity contribution in [2.24, 2.45) is 0 Å². The number of hydrogen-bond acceptors (Lipinski definition) is 4. The molecule has 17 heavy (non-hydrogen) atoms. The standard InChI is InChI=1S/C11H11ClN2O2S/c1-3-8-6(2)17-11(13-8)14-10(15)7-4-5-16-9(7)12/h4-5H,3H2,1-2H3,(H,13,14,15). The van der Waals surface area contributed by atoms with Crippen molar-refractivity contribution < 1.29 is 9.21 Å². The SMILES string of the molecule is CCc1nc(NC(=O)c2ccoc2Cl)sc1C. The Labute approximate surface area is 108 Å². The van der Waals surface area contributed by atoms with Crippen molar-refractivity contribution in [1.29, 1.82) is 0 Å². The highest BCUT2D eigenvalue weighted by Gasteiger charge is 2.15. The molecule has 0 saturated heterocycles. The van der Waals surface area contributed by atoms with Gasteiger partial charge in [0.25, 0.3) is 5.91 Å². The van der Waals surface area contributed by atoms with Crippen LogP contribution in [0.4, 0.5) is 5.13 Å². The number of nitrogens with one attached hydrogen (secondary N) is 1. The molecule has 2 heterocycles. The first-order valence-electron chi connectivity index (χ1n) is 5.12. The van der Waals surface area contributed by atoms with Gasteiger partial charge in [-0.05, 0) is 31.0 Å². The van der Waals surface area contributed by atoms with Crippen LogP contribution in [0.2, 0.25) is 5.22 Å².